The minimum atomic E-state index is -3.17. The number of hydrogen-bond acceptors (Lipinski definition) is 8. The lowest BCUT2D eigenvalue weighted by molar-refractivity contribution is 0.0516. The van der Waals surface area contributed by atoms with Gasteiger partial charge in [-0.3, -0.25) is 14.6 Å². The molecular formula is C30H22F4N4O5. The van der Waals surface area contributed by atoms with E-state index in [-0.39, 0.29) is 50.0 Å². The average molecular weight is 595 g/mol. The first-order chi connectivity index (χ1) is 20.6. The standard InChI is InChI=1S/C30H22F4N4O5/c1-15-25(17-5-7-18(31)8-6-17)28(40)27(37-38(15)30(33)34)21(39)13-16-4-9-22(19(32)12-16)43-23-10-11-35-20-14-24(41-2)29(42-3)36-26(20)23/h4-12,14,30H,13H2,1-3H3. The Balaban J connectivity index is 1.45. The number of carbonyl (C=O) groups is 1. The van der Waals surface area contributed by atoms with Gasteiger partial charge in [0.2, 0.25) is 5.43 Å². The molecule has 0 aliphatic heterocycles. The zero-order valence-corrected chi connectivity index (χ0v) is 22.9. The lowest BCUT2D eigenvalue weighted by Gasteiger charge is -2.15. The SMILES string of the molecule is COc1cc2nccc(Oc3ccc(CC(=O)c4nn(C(F)F)c(C)c(-c5ccc(F)cc5)c4=O)cc3F)c2nc1OC. The number of rotatable bonds is 9. The lowest BCUT2D eigenvalue weighted by atomic mass is 10.0. The highest BCUT2D eigenvalue weighted by molar-refractivity contribution is 5.96. The molecule has 13 heteroatoms. The molecular weight excluding hydrogens is 572 g/mol. The van der Waals surface area contributed by atoms with Crippen LogP contribution in [0.1, 0.15) is 28.3 Å². The highest BCUT2D eigenvalue weighted by Crippen LogP contribution is 2.35. The summed E-state index contributed by atoms with van der Waals surface area (Å²) in [6.07, 6.45) is 0.919. The van der Waals surface area contributed by atoms with E-state index < -0.39 is 41.5 Å². The maximum atomic E-state index is 15.1. The summed E-state index contributed by atoms with van der Waals surface area (Å²) in [5.41, 5.74) is -1.15. The Morgan fingerprint density at radius 2 is 1.70 bits per heavy atom. The Bertz CT molecular complexity index is 1910. The van der Waals surface area contributed by atoms with Crippen LogP contribution in [0.5, 0.6) is 23.1 Å². The van der Waals surface area contributed by atoms with Gasteiger partial charge in [-0.1, -0.05) is 18.2 Å². The molecule has 3 heterocycles. The fraction of sp³-hybridized carbons (Fsp3) is 0.167. The number of Topliss-reactive ketones (excluding diaryl/α,β-unsaturated/α-hetero) is 1. The van der Waals surface area contributed by atoms with E-state index in [1.54, 1.807) is 6.07 Å². The number of hydrogen-bond donors (Lipinski definition) is 0. The van der Waals surface area contributed by atoms with E-state index in [2.05, 4.69) is 15.1 Å². The molecule has 0 radical (unpaired) electrons. The molecule has 3 aromatic heterocycles. The topological polar surface area (TPSA) is 105 Å². The maximum absolute atomic E-state index is 15.1. The van der Waals surface area contributed by atoms with E-state index in [1.165, 1.54) is 57.7 Å². The number of halogens is 4. The molecule has 0 unspecified atom stereocenters. The number of pyridine rings is 2. The minimum absolute atomic E-state index is 0.132. The van der Waals surface area contributed by atoms with Crippen LogP contribution in [0.2, 0.25) is 0 Å². The van der Waals surface area contributed by atoms with Crippen molar-refractivity contribution >= 4 is 16.8 Å². The summed E-state index contributed by atoms with van der Waals surface area (Å²) >= 11 is 0. The first-order valence-electron chi connectivity index (χ1n) is 12.7. The van der Waals surface area contributed by atoms with Gasteiger partial charge in [0.1, 0.15) is 11.3 Å². The van der Waals surface area contributed by atoms with Crippen molar-refractivity contribution in [3.8, 4) is 34.3 Å². The van der Waals surface area contributed by atoms with E-state index in [0.29, 0.717) is 11.3 Å². The van der Waals surface area contributed by atoms with E-state index >= 15 is 4.39 Å². The van der Waals surface area contributed by atoms with Crippen LogP contribution in [0, 0.1) is 18.6 Å². The van der Waals surface area contributed by atoms with Crippen molar-refractivity contribution in [2.75, 3.05) is 14.2 Å². The molecule has 0 aliphatic carbocycles. The summed E-state index contributed by atoms with van der Waals surface area (Å²) in [4.78, 5) is 34.9. The van der Waals surface area contributed by atoms with Gasteiger partial charge in [0, 0.05) is 24.8 Å². The van der Waals surface area contributed by atoms with Crippen molar-refractivity contribution in [1.82, 2.24) is 19.7 Å². The number of aromatic nitrogens is 4. The summed E-state index contributed by atoms with van der Waals surface area (Å²) < 4.78 is 72.6. The van der Waals surface area contributed by atoms with Crippen molar-refractivity contribution in [1.29, 1.82) is 0 Å². The second kappa shape index (κ2) is 11.9. The largest absolute Gasteiger partial charge is 0.491 e. The Kier molecular flexibility index (Phi) is 8.06. The molecule has 9 nitrogen and oxygen atoms in total. The van der Waals surface area contributed by atoms with Crippen LogP contribution in [0.25, 0.3) is 22.2 Å². The number of ketones is 1. The van der Waals surface area contributed by atoms with Gasteiger partial charge in [-0.2, -0.15) is 13.9 Å². The van der Waals surface area contributed by atoms with Gasteiger partial charge in [0.25, 0.3) is 5.88 Å². The van der Waals surface area contributed by atoms with Gasteiger partial charge in [-0.15, -0.1) is 0 Å². The molecule has 0 atom stereocenters. The molecule has 0 bridgehead atoms. The molecule has 0 N–H and O–H groups in total. The fourth-order valence-electron chi connectivity index (χ4n) is 4.47. The fourth-order valence-corrected chi connectivity index (χ4v) is 4.47. The van der Waals surface area contributed by atoms with Crippen LogP contribution in [0.3, 0.4) is 0 Å². The smallest absolute Gasteiger partial charge is 0.333 e. The Morgan fingerprint density at radius 3 is 2.35 bits per heavy atom. The molecule has 0 aliphatic rings. The summed E-state index contributed by atoms with van der Waals surface area (Å²) in [5, 5.41) is 3.60. The molecule has 0 spiro atoms. The van der Waals surface area contributed by atoms with Crippen molar-refractivity contribution in [2.45, 2.75) is 19.9 Å². The highest BCUT2D eigenvalue weighted by atomic mass is 19.3. The predicted molar refractivity (Wildman–Crippen MR) is 147 cm³/mol. The quantitative estimate of drug-likeness (QED) is 0.150. The molecule has 220 valence electrons. The van der Waals surface area contributed by atoms with E-state index in [9.17, 15) is 22.8 Å². The van der Waals surface area contributed by atoms with Crippen molar-refractivity contribution < 1.29 is 36.6 Å². The Morgan fingerprint density at radius 1 is 0.953 bits per heavy atom. The van der Waals surface area contributed by atoms with E-state index in [1.807, 2.05) is 0 Å². The van der Waals surface area contributed by atoms with E-state index in [4.69, 9.17) is 14.2 Å². The van der Waals surface area contributed by atoms with Crippen molar-refractivity contribution in [2.24, 2.45) is 0 Å². The highest BCUT2D eigenvalue weighted by Gasteiger charge is 2.24. The summed E-state index contributed by atoms with van der Waals surface area (Å²) in [7, 11) is 2.85. The number of ether oxygens (including phenoxy) is 3. The van der Waals surface area contributed by atoms with E-state index in [0.717, 1.165) is 18.2 Å². The van der Waals surface area contributed by atoms with Gasteiger partial charge in [-0.05, 0) is 42.3 Å². The Labute approximate surface area is 241 Å². The van der Waals surface area contributed by atoms with Gasteiger partial charge >= 0.3 is 6.55 Å². The third kappa shape index (κ3) is 5.73. The number of carbonyl (C=O) groups excluding carboxylic acids is 1. The number of alkyl halides is 2. The molecule has 0 saturated carbocycles. The minimum Gasteiger partial charge on any atom is -0.491 e. The second-order valence-corrected chi connectivity index (χ2v) is 9.21. The van der Waals surface area contributed by atoms with Crippen LogP contribution in [-0.2, 0) is 6.42 Å². The summed E-state index contributed by atoms with van der Waals surface area (Å²) in [5.74, 6) is -1.88. The maximum Gasteiger partial charge on any atom is 0.333 e. The monoisotopic (exact) mass is 594 g/mol. The third-order valence-electron chi connectivity index (χ3n) is 6.54. The first-order valence-corrected chi connectivity index (χ1v) is 12.7. The number of methoxy groups -OCH3 is 2. The zero-order valence-electron chi connectivity index (χ0n) is 22.9. The van der Waals surface area contributed by atoms with Crippen LogP contribution in [0.15, 0.2) is 65.6 Å². The molecule has 5 aromatic rings. The normalized spacial score (nSPS) is 11.2. The molecule has 5 rings (SSSR count). The lowest BCUT2D eigenvalue weighted by Crippen LogP contribution is -2.27. The van der Waals surface area contributed by atoms with Gasteiger partial charge < -0.3 is 14.2 Å². The van der Waals surface area contributed by atoms with Crippen LogP contribution >= 0.6 is 0 Å². The molecule has 0 amide bonds. The Hall–Kier alpha value is -5.33. The van der Waals surface area contributed by atoms with Gasteiger partial charge in [0.05, 0.1) is 31.0 Å². The predicted octanol–water partition coefficient (Wildman–Crippen LogP) is 6.07. The zero-order chi connectivity index (χ0) is 30.8. The second-order valence-electron chi connectivity index (χ2n) is 9.21. The summed E-state index contributed by atoms with van der Waals surface area (Å²) in [6.45, 7) is -1.92. The molecule has 43 heavy (non-hydrogen) atoms. The van der Waals surface area contributed by atoms with Crippen LogP contribution in [-0.4, -0.2) is 39.8 Å². The van der Waals surface area contributed by atoms with Crippen molar-refractivity contribution in [3.05, 3.63) is 99.6 Å². The number of benzene rings is 2. The number of nitrogens with zero attached hydrogens (tertiary/aromatic N) is 4. The van der Waals surface area contributed by atoms with Crippen LogP contribution in [0.4, 0.5) is 17.6 Å². The summed E-state index contributed by atoms with van der Waals surface area (Å²) in [6, 6.07) is 11.4. The van der Waals surface area contributed by atoms with Gasteiger partial charge in [-0.25, -0.2) is 18.4 Å². The molecule has 0 fully saturated rings. The third-order valence-corrected chi connectivity index (χ3v) is 6.54. The number of fused-ring (bicyclic) bond motifs is 1. The molecule has 0 saturated heterocycles. The first kappa shape index (κ1) is 29.2. The average Bonchev–Trinajstić information content (AvgIpc) is 2.98. The molecule has 2 aromatic carbocycles. The van der Waals surface area contributed by atoms with Crippen molar-refractivity contribution in [3.63, 3.8) is 0 Å². The van der Waals surface area contributed by atoms with Gasteiger partial charge in [0.15, 0.2) is 34.5 Å². The van der Waals surface area contributed by atoms with Crippen LogP contribution < -0.4 is 19.6 Å².